The fourth-order valence-electron chi connectivity index (χ4n) is 2.46. The van der Waals surface area contributed by atoms with E-state index in [1.807, 2.05) is 0 Å². The van der Waals surface area contributed by atoms with Gasteiger partial charge in [-0.15, -0.1) is 0 Å². The smallest absolute Gasteiger partial charge is 0.0971 e. The van der Waals surface area contributed by atoms with Crippen LogP contribution in [0.15, 0.2) is 12.2 Å². The molecule has 0 spiro atoms. The summed E-state index contributed by atoms with van der Waals surface area (Å²) in [6.45, 7) is 1.93. The van der Waals surface area contributed by atoms with Crippen molar-refractivity contribution in [3.8, 4) is 0 Å². The van der Waals surface area contributed by atoms with Crippen molar-refractivity contribution in [2.45, 2.75) is 95.8 Å². The van der Waals surface area contributed by atoms with Gasteiger partial charge in [0, 0.05) is 0 Å². The molecule has 0 fully saturated rings. The monoisotopic (exact) mass is 315 g/mol. The Morgan fingerprint density at radius 2 is 1.41 bits per heavy atom. The quantitative estimate of drug-likeness (QED) is 0.276. The van der Waals surface area contributed by atoms with Crippen LogP contribution in [0.2, 0.25) is 0 Å². The van der Waals surface area contributed by atoms with Crippen molar-refractivity contribution in [1.82, 2.24) is 0 Å². The summed E-state index contributed by atoms with van der Waals surface area (Å²) in [4.78, 5) is 0. The zero-order valence-corrected chi connectivity index (χ0v) is 14.3. The molecule has 0 saturated heterocycles. The van der Waals surface area contributed by atoms with Crippen molar-refractivity contribution >= 4 is 0 Å². The lowest BCUT2D eigenvalue weighted by Crippen LogP contribution is -2.45. The first-order valence-corrected chi connectivity index (χ1v) is 9.01. The van der Waals surface area contributed by atoms with Crippen LogP contribution in [0.3, 0.4) is 0 Å². The van der Waals surface area contributed by atoms with Crippen LogP contribution in [-0.2, 0) is 0 Å². The van der Waals surface area contributed by atoms with Crippen LogP contribution in [0, 0.1) is 0 Å². The van der Waals surface area contributed by atoms with E-state index < -0.39 is 18.2 Å². The van der Waals surface area contributed by atoms with E-state index in [1.54, 1.807) is 0 Å². The van der Waals surface area contributed by atoms with Gasteiger partial charge in [-0.25, -0.2) is 0 Å². The number of allylic oxidation sites excluding steroid dienone is 2. The Bertz CT molecular complexity index is 259. The lowest BCUT2D eigenvalue weighted by Gasteiger charge is -2.21. The van der Waals surface area contributed by atoms with Crippen molar-refractivity contribution < 1.29 is 15.3 Å². The lowest BCUT2D eigenvalue weighted by atomic mass is 10.0. The van der Waals surface area contributed by atoms with E-state index in [1.165, 1.54) is 44.9 Å². The van der Waals surface area contributed by atoms with Gasteiger partial charge < -0.3 is 21.1 Å². The second-order valence-corrected chi connectivity index (χ2v) is 6.22. The molecule has 0 aromatic rings. The molecule has 132 valence electrons. The van der Waals surface area contributed by atoms with E-state index >= 15 is 0 Å². The first kappa shape index (κ1) is 21.6. The molecule has 0 bridgehead atoms. The number of hydrogen-bond acceptors (Lipinski definition) is 4. The van der Waals surface area contributed by atoms with Crippen LogP contribution < -0.4 is 5.73 Å². The zero-order chi connectivity index (χ0) is 16.6. The van der Waals surface area contributed by atoms with Crippen molar-refractivity contribution in [2.75, 3.05) is 6.61 Å². The van der Waals surface area contributed by atoms with Crippen LogP contribution in [-0.4, -0.2) is 40.2 Å². The normalized spacial score (nSPS) is 16.0. The second kappa shape index (κ2) is 15.5. The van der Waals surface area contributed by atoms with E-state index in [-0.39, 0.29) is 6.61 Å². The standard InChI is InChI=1S/C18H37NO3/c1-2-3-4-5-6-7-8-9-10-11-12-13-14-17(21)18(22)16(19)15-20/h10-11,16-18,20-22H,2-9,12-15,19H2,1H3/b11-10+. The maximum absolute atomic E-state index is 9.72. The highest BCUT2D eigenvalue weighted by atomic mass is 16.3. The maximum Gasteiger partial charge on any atom is 0.0971 e. The summed E-state index contributed by atoms with van der Waals surface area (Å²) in [5.41, 5.74) is 5.48. The van der Waals surface area contributed by atoms with Crippen LogP contribution in [0.1, 0.15) is 77.6 Å². The first-order chi connectivity index (χ1) is 10.6. The predicted octanol–water partition coefficient (Wildman–Crippen LogP) is 2.90. The average molecular weight is 315 g/mol. The van der Waals surface area contributed by atoms with Gasteiger partial charge in [-0.1, -0.05) is 57.6 Å². The first-order valence-electron chi connectivity index (χ1n) is 9.01. The molecule has 0 heterocycles. The molecule has 0 amide bonds. The third kappa shape index (κ3) is 12.2. The van der Waals surface area contributed by atoms with Gasteiger partial charge in [0.25, 0.3) is 0 Å². The molecule has 3 unspecified atom stereocenters. The van der Waals surface area contributed by atoms with Crippen LogP contribution >= 0.6 is 0 Å². The topological polar surface area (TPSA) is 86.7 Å². The largest absolute Gasteiger partial charge is 0.395 e. The predicted molar refractivity (Wildman–Crippen MR) is 92.7 cm³/mol. The van der Waals surface area contributed by atoms with Crippen molar-refractivity contribution in [3.63, 3.8) is 0 Å². The fraction of sp³-hybridized carbons (Fsp3) is 0.889. The number of aliphatic hydroxyl groups excluding tert-OH is 3. The number of aliphatic hydroxyl groups is 3. The van der Waals surface area contributed by atoms with Gasteiger partial charge in [0.15, 0.2) is 0 Å². The Morgan fingerprint density at radius 3 is 2.00 bits per heavy atom. The highest BCUT2D eigenvalue weighted by Crippen LogP contribution is 2.10. The van der Waals surface area contributed by atoms with Gasteiger partial charge in [0.05, 0.1) is 24.9 Å². The Morgan fingerprint density at radius 1 is 0.864 bits per heavy atom. The minimum absolute atomic E-state index is 0.309. The van der Waals surface area contributed by atoms with Crippen molar-refractivity contribution in [1.29, 1.82) is 0 Å². The number of rotatable bonds is 15. The summed E-state index contributed by atoms with van der Waals surface area (Å²) in [6.07, 6.45) is 15.2. The molecule has 0 aromatic carbocycles. The van der Waals surface area contributed by atoms with Gasteiger partial charge in [-0.3, -0.25) is 0 Å². The third-order valence-electron chi connectivity index (χ3n) is 4.06. The molecule has 22 heavy (non-hydrogen) atoms. The van der Waals surface area contributed by atoms with Crippen LogP contribution in [0.4, 0.5) is 0 Å². The average Bonchev–Trinajstić information content (AvgIpc) is 2.54. The van der Waals surface area contributed by atoms with Gasteiger partial charge in [0.1, 0.15) is 0 Å². The number of unbranched alkanes of at least 4 members (excludes halogenated alkanes) is 8. The highest BCUT2D eigenvalue weighted by molar-refractivity contribution is 4.83. The van der Waals surface area contributed by atoms with Crippen LogP contribution in [0.25, 0.3) is 0 Å². The summed E-state index contributed by atoms with van der Waals surface area (Å²) in [5.74, 6) is 0. The summed E-state index contributed by atoms with van der Waals surface area (Å²) in [5, 5.41) is 28.1. The fourth-order valence-corrected chi connectivity index (χ4v) is 2.46. The summed E-state index contributed by atoms with van der Waals surface area (Å²) >= 11 is 0. The third-order valence-corrected chi connectivity index (χ3v) is 4.06. The minimum Gasteiger partial charge on any atom is -0.395 e. The molecule has 0 aromatic heterocycles. The molecule has 4 nitrogen and oxygen atoms in total. The molecular weight excluding hydrogens is 278 g/mol. The Kier molecular flexibility index (Phi) is 15.2. The van der Waals surface area contributed by atoms with Crippen molar-refractivity contribution in [2.24, 2.45) is 5.73 Å². The van der Waals surface area contributed by atoms with E-state index in [2.05, 4.69) is 19.1 Å². The van der Waals surface area contributed by atoms with E-state index in [0.29, 0.717) is 6.42 Å². The molecule has 5 N–H and O–H groups in total. The molecule has 4 heteroatoms. The van der Waals surface area contributed by atoms with E-state index in [0.717, 1.165) is 19.3 Å². The Balaban J connectivity index is 3.40. The second-order valence-electron chi connectivity index (χ2n) is 6.22. The van der Waals surface area contributed by atoms with E-state index in [4.69, 9.17) is 10.8 Å². The molecular formula is C18H37NO3. The number of hydrogen-bond donors (Lipinski definition) is 4. The highest BCUT2D eigenvalue weighted by Gasteiger charge is 2.21. The van der Waals surface area contributed by atoms with Gasteiger partial charge >= 0.3 is 0 Å². The maximum atomic E-state index is 9.72. The molecule has 0 aliphatic heterocycles. The van der Waals surface area contributed by atoms with Crippen molar-refractivity contribution in [3.05, 3.63) is 12.2 Å². The molecule has 0 radical (unpaired) electrons. The van der Waals surface area contributed by atoms with Gasteiger partial charge in [-0.2, -0.15) is 0 Å². The molecule has 0 rings (SSSR count). The van der Waals surface area contributed by atoms with Gasteiger partial charge in [-0.05, 0) is 32.1 Å². The summed E-state index contributed by atoms with van der Waals surface area (Å²) in [6, 6.07) is -0.761. The zero-order valence-electron chi connectivity index (χ0n) is 14.3. The SMILES string of the molecule is CCCCCCCCC/C=C/CCCC(O)C(O)C(N)CO. The Hall–Kier alpha value is -0.420. The molecule has 0 saturated carbocycles. The molecule has 0 aliphatic rings. The van der Waals surface area contributed by atoms with E-state index in [9.17, 15) is 10.2 Å². The van der Waals surface area contributed by atoms with Crippen LogP contribution in [0.5, 0.6) is 0 Å². The minimum atomic E-state index is -1.04. The number of nitrogens with two attached hydrogens (primary N) is 1. The molecule has 0 aliphatic carbocycles. The lowest BCUT2D eigenvalue weighted by molar-refractivity contribution is -0.0117. The Labute approximate surface area is 136 Å². The summed E-state index contributed by atoms with van der Waals surface area (Å²) < 4.78 is 0. The summed E-state index contributed by atoms with van der Waals surface area (Å²) in [7, 11) is 0. The van der Waals surface area contributed by atoms with Gasteiger partial charge in [0.2, 0.25) is 0 Å². The molecule has 3 atom stereocenters.